The van der Waals surface area contributed by atoms with E-state index in [4.69, 9.17) is 0 Å². The molecule has 0 radical (unpaired) electrons. The summed E-state index contributed by atoms with van der Waals surface area (Å²) in [4.78, 5) is 12.3. The molecule has 0 saturated heterocycles. The zero-order valence-corrected chi connectivity index (χ0v) is 13.2. The first-order valence-electron chi connectivity index (χ1n) is 7.46. The molecule has 2 aromatic heterocycles. The summed E-state index contributed by atoms with van der Waals surface area (Å²) in [7, 11) is 1.89. The maximum absolute atomic E-state index is 12.3. The van der Waals surface area contributed by atoms with Crippen LogP contribution >= 0.6 is 0 Å². The zero-order valence-electron chi connectivity index (χ0n) is 13.2. The fraction of sp³-hybridized carbons (Fsp3) is 0.235. The molecule has 3 aromatic rings. The molecule has 6 nitrogen and oxygen atoms in total. The molecule has 0 fully saturated rings. The summed E-state index contributed by atoms with van der Waals surface area (Å²) in [6, 6.07) is 11.4. The number of amides is 1. The van der Waals surface area contributed by atoms with Crippen LogP contribution in [0.3, 0.4) is 0 Å². The van der Waals surface area contributed by atoms with Gasteiger partial charge in [0.15, 0.2) is 0 Å². The number of benzene rings is 1. The van der Waals surface area contributed by atoms with Crippen molar-refractivity contribution in [2.75, 3.05) is 0 Å². The van der Waals surface area contributed by atoms with Gasteiger partial charge in [-0.25, -0.2) is 0 Å². The van der Waals surface area contributed by atoms with E-state index >= 15 is 0 Å². The van der Waals surface area contributed by atoms with Crippen LogP contribution in [0, 0.1) is 6.92 Å². The number of hydrogen-bond donors (Lipinski definition) is 1. The van der Waals surface area contributed by atoms with E-state index in [2.05, 4.69) is 15.5 Å². The lowest BCUT2D eigenvalue weighted by molar-refractivity contribution is 0.0950. The highest BCUT2D eigenvalue weighted by Crippen LogP contribution is 2.08. The average molecular weight is 309 g/mol. The Balaban J connectivity index is 1.65. The molecule has 0 aliphatic rings. The van der Waals surface area contributed by atoms with Gasteiger partial charge in [-0.1, -0.05) is 12.1 Å². The molecule has 2 heterocycles. The highest BCUT2D eigenvalue weighted by Gasteiger charge is 2.08. The molecule has 0 aliphatic heterocycles. The van der Waals surface area contributed by atoms with Crippen molar-refractivity contribution in [3.05, 3.63) is 71.3 Å². The third kappa shape index (κ3) is 3.66. The maximum atomic E-state index is 12.3. The zero-order chi connectivity index (χ0) is 16.2. The fourth-order valence-electron chi connectivity index (χ4n) is 2.39. The summed E-state index contributed by atoms with van der Waals surface area (Å²) in [6.07, 6.45) is 3.64. The lowest BCUT2D eigenvalue weighted by Gasteiger charge is -2.06. The van der Waals surface area contributed by atoms with Crippen molar-refractivity contribution in [3.8, 4) is 0 Å². The Morgan fingerprint density at radius 3 is 2.83 bits per heavy atom. The monoisotopic (exact) mass is 309 g/mol. The Morgan fingerprint density at radius 1 is 1.26 bits per heavy atom. The van der Waals surface area contributed by atoms with E-state index in [9.17, 15) is 4.79 Å². The highest BCUT2D eigenvalue weighted by molar-refractivity contribution is 5.94. The molecule has 0 unspecified atom stereocenters. The van der Waals surface area contributed by atoms with E-state index in [1.807, 2.05) is 61.2 Å². The van der Waals surface area contributed by atoms with Gasteiger partial charge in [-0.15, -0.1) is 0 Å². The summed E-state index contributed by atoms with van der Waals surface area (Å²) >= 11 is 0. The van der Waals surface area contributed by atoms with Gasteiger partial charge in [0.05, 0.1) is 18.8 Å². The van der Waals surface area contributed by atoms with Gasteiger partial charge in [0.25, 0.3) is 5.91 Å². The van der Waals surface area contributed by atoms with Crippen molar-refractivity contribution in [1.82, 2.24) is 24.9 Å². The highest BCUT2D eigenvalue weighted by atomic mass is 16.1. The summed E-state index contributed by atoms with van der Waals surface area (Å²) in [5, 5.41) is 11.4. The standard InChI is InChI=1S/C17H19N5O/c1-13-9-16(20-21(13)2)11-18-17(23)15-6-3-5-14(10-15)12-22-8-4-7-19-22/h3-10H,11-12H2,1-2H3,(H,18,23). The Labute approximate surface area is 134 Å². The predicted molar refractivity (Wildman–Crippen MR) is 86.9 cm³/mol. The molecule has 0 bridgehead atoms. The normalized spacial score (nSPS) is 10.7. The molecule has 6 heteroatoms. The summed E-state index contributed by atoms with van der Waals surface area (Å²) < 4.78 is 3.62. The third-order valence-corrected chi connectivity index (χ3v) is 3.69. The second-order valence-electron chi connectivity index (χ2n) is 5.49. The summed E-state index contributed by atoms with van der Waals surface area (Å²) in [6.45, 7) is 3.05. The molecule has 3 rings (SSSR count). The third-order valence-electron chi connectivity index (χ3n) is 3.69. The fourth-order valence-corrected chi connectivity index (χ4v) is 2.39. The topological polar surface area (TPSA) is 64.7 Å². The number of carbonyl (C=O) groups excluding carboxylic acids is 1. The number of aromatic nitrogens is 4. The minimum atomic E-state index is -0.101. The van der Waals surface area contributed by atoms with Gasteiger partial charge in [-0.05, 0) is 36.8 Å². The number of nitrogens with one attached hydrogen (secondary N) is 1. The molecular weight excluding hydrogens is 290 g/mol. The molecule has 0 spiro atoms. The Morgan fingerprint density at radius 2 is 2.13 bits per heavy atom. The van der Waals surface area contributed by atoms with Gasteiger partial charge in [0, 0.05) is 30.7 Å². The van der Waals surface area contributed by atoms with Crippen LogP contribution in [-0.4, -0.2) is 25.5 Å². The van der Waals surface area contributed by atoms with Gasteiger partial charge in [-0.3, -0.25) is 14.2 Å². The van der Waals surface area contributed by atoms with Crippen molar-refractivity contribution < 1.29 is 4.79 Å². The van der Waals surface area contributed by atoms with Crippen molar-refractivity contribution in [2.45, 2.75) is 20.0 Å². The molecular formula is C17H19N5O. The minimum absolute atomic E-state index is 0.101. The number of carbonyl (C=O) groups is 1. The second-order valence-corrected chi connectivity index (χ2v) is 5.49. The lowest BCUT2D eigenvalue weighted by atomic mass is 10.1. The molecule has 1 amide bonds. The van der Waals surface area contributed by atoms with Gasteiger partial charge < -0.3 is 5.32 Å². The summed E-state index contributed by atoms with van der Waals surface area (Å²) in [5.41, 5.74) is 3.60. The average Bonchev–Trinajstić information content (AvgIpc) is 3.15. The lowest BCUT2D eigenvalue weighted by Crippen LogP contribution is -2.23. The van der Waals surface area contributed by atoms with Crippen LogP contribution in [0.25, 0.3) is 0 Å². The smallest absolute Gasteiger partial charge is 0.251 e. The number of nitrogens with zero attached hydrogens (tertiary/aromatic N) is 4. The predicted octanol–water partition coefficient (Wildman–Crippen LogP) is 1.90. The SMILES string of the molecule is Cc1cc(CNC(=O)c2cccc(Cn3cccn3)c2)nn1C. The van der Waals surface area contributed by atoms with Crippen LogP contribution in [0.5, 0.6) is 0 Å². The summed E-state index contributed by atoms with van der Waals surface area (Å²) in [5.74, 6) is -0.101. The molecule has 0 saturated carbocycles. The van der Waals surface area contributed by atoms with Crippen LogP contribution in [0.1, 0.15) is 27.3 Å². The first kappa shape index (κ1) is 15.0. The van der Waals surface area contributed by atoms with Gasteiger partial charge >= 0.3 is 0 Å². The van der Waals surface area contributed by atoms with Crippen molar-refractivity contribution in [2.24, 2.45) is 7.05 Å². The quantitative estimate of drug-likeness (QED) is 0.783. The van der Waals surface area contributed by atoms with Crippen LogP contribution in [0.15, 0.2) is 48.8 Å². The van der Waals surface area contributed by atoms with Crippen LogP contribution in [0.4, 0.5) is 0 Å². The molecule has 23 heavy (non-hydrogen) atoms. The van der Waals surface area contributed by atoms with E-state index in [0.29, 0.717) is 18.7 Å². The maximum Gasteiger partial charge on any atom is 0.251 e. The number of hydrogen-bond acceptors (Lipinski definition) is 3. The van der Waals surface area contributed by atoms with Crippen LogP contribution in [0.2, 0.25) is 0 Å². The van der Waals surface area contributed by atoms with E-state index in [0.717, 1.165) is 17.0 Å². The van der Waals surface area contributed by atoms with Gasteiger partial charge in [0.2, 0.25) is 0 Å². The molecule has 1 aromatic carbocycles. The largest absolute Gasteiger partial charge is 0.346 e. The first-order chi connectivity index (χ1) is 11.1. The van der Waals surface area contributed by atoms with E-state index < -0.39 is 0 Å². The number of aryl methyl sites for hydroxylation is 2. The molecule has 118 valence electrons. The van der Waals surface area contributed by atoms with E-state index in [1.165, 1.54) is 0 Å². The Hall–Kier alpha value is -2.89. The van der Waals surface area contributed by atoms with Crippen molar-refractivity contribution >= 4 is 5.91 Å². The Bertz CT molecular complexity index is 785. The molecule has 1 N–H and O–H groups in total. The van der Waals surface area contributed by atoms with Gasteiger partial charge in [0.1, 0.15) is 0 Å². The molecule has 0 aliphatic carbocycles. The van der Waals surface area contributed by atoms with Crippen LogP contribution < -0.4 is 5.32 Å². The minimum Gasteiger partial charge on any atom is -0.346 e. The number of rotatable bonds is 5. The molecule has 0 atom stereocenters. The van der Waals surface area contributed by atoms with Crippen molar-refractivity contribution in [3.63, 3.8) is 0 Å². The Kier molecular flexibility index (Phi) is 4.23. The van der Waals surface area contributed by atoms with Crippen LogP contribution in [-0.2, 0) is 20.1 Å². The van der Waals surface area contributed by atoms with Crippen molar-refractivity contribution in [1.29, 1.82) is 0 Å². The van der Waals surface area contributed by atoms with E-state index in [-0.39, 0.29) is 5.91 Å². The first-order valence-corrected chi connectivity index (χ1v) is 7.46. The van der Waals surface area contributed by atoms with Gasteiger partial charge in [-0.2, -0.15) is 10.2 Å². The van der Waals surface area contributed by atoms with E-state index in [1.54, 1.807) is 10.9 Å². The second kappa shape index (κ2) is 6.48.